The maximum atomic E-state index is 10.6. The molecule has 4 heteroatoms. The molecule has 0 saturated heterocycles. The van der Waals surface area contributed by atoms with Gasteiger partial charge in [-0.2, -0.15) is 0 Å². The molecule has 0 bridgehead atoms. The van der Waals surface area contributed by atoms with E-state index in [1.807, 2.05) is 0 Å². The van der Waals surface area contributed by atoms with E-state index in [-0.39, 0.29) is 5.69 Å². The molecular formula is C12H18N2O2. The van der Waals surface area contributed by atoms with E-state index in [1.54, 1.807) is 12.3 Å². The Morgan fingerprint density at radius 2 is 2.31 bits per heavy atom. The molecule has 1 aromatic rings. The lowest BCUT2D eigenvalue weighted by atomic mass is 10.2. The predicted octanol–water partition coefficient (Wildman–Crippen LogP) is 2.06. The molecule has 0 aliphatic carbocycles. The summed E-state index contributed by atoms with van der Waals surface area (Å²) in [6.45, 7) is 5.03. The molecular weight excluding hydrogens is 204 g/mol. The molecule has 1 heterocycles. The summed E-state index contributed by atoms with van der Waals surface area (Å²) in [6, 6.07) is 3.80. The zero-order valence-corrected chi connectivity index (χ0v) is 9.73. The van der Waals surface area contributed by atoms with Gasteiger partial charge in [-0.25, -0.2) is 9.78 Å². The van der Waals surface area contributed by atoms with Crippen molar-refractivity contribution in [3.8, 4) is 0 Å². The second-order valence-electron chi connectivity index (χ2n) is 3.93. The number of nitrogens with one attached hydrogen (secondary N) is 1. The van der Waals surface area contributed by atoms with Crippen LogP contribution in [-0.4, -0.2) is 22.1 Å². The van der Waals surface area contributed by atoms with Gasteiger partial charge in [0.25, 0.3) is 0 Å². The van der Waals surface area contributed by atoms with E-state index in [0.717, 1.165) is 24.9 Å². The molecule has 0 aliphatic rings. The fraction of sp³-hybridized carbons (Fsp3) is 0.500. The summed E-state index contributed by atoms with van der Waals surface area (Å²) in [4.78, 5) is 14.4. The number of carboxylic acids is 1. The molecule has 1 aromatic heterocycles. The van der Waals surface area contributed by atoms with Crippen LogP contribution in [0, 0.1) is 0 Å². The smallest absolute Gasteiger partial charge is 0.354 e. The summed E-state index contributed by atoms with van der Waals surface area (Å²) in [7, 11) is 0. The molecule has 0 aromatic carbocycles. The SMILES string of the molecule is CCCC(C)NCc1ccc(C(=O)O)nc1. The molecule has 0 saturated carbocycles. The predicted molar refractivity (Wildman–Crippen MR) is 62.4 cm³/mol. The van der Waals surface area contributed by atoms with Crippen LogP contribution in [0.25, 0.3) is 0 Å². The first kappa shape index (κ1) is 12.6. The molecule has 16 heavy (non-hydrogen) atoms. The van der Waals surface area contributed by atoms with Gasteiger partial charge in [-0.1, -0.05) is 19.4 Å². The van der Waals surface area contributed by atoms with E-state index in [1.165, 1.54) is 6.07 Å². The second kappa shape index (κ2) is 6.23. The number of pyridine rings is 1. The molecule has 88 valence electrons. The summed E-state index contributed by atoms with van der Waals surface area (Å²) < 4.78 is 0. The Balaban J connectivity index is 2.46. The third-order valence-corrected chi connectivity index (χ3v) is 2.42. The minimum absolute atomic E-state index is 0.0883. The first-order chi connectivity index (χ1) is 7.63. The summed E-state index contributed by atoms with van der Waals surface area (Å²) in [5.74, 6) is -0.987. The Bertz CT molecular complexity index is 335. The standard InChI is InChI=1S/C12H18N2O2/c1-3-4-9(2)13-7-10-5-6-11(12(15)16)14-8-10/h5-6,8-9,13H,3-4,7H2,1-2H3,(H,15,16). The molecule has 0 radical (unpaired) electrons. The Kier molecular flexibility index (Phi) is 4.92. The van der Waals surface area contributed by atoms with Crippen molar-refractivity contribution >= 4 is 5.97 Å². The minimum Gasteiger partial charge on any atom is -0.477 e. The van der Waals surface area contributed by atoms with E-state index < -0.39 is 5.97 Å². The zero-order chi connectivity index (χ0) is 12.0. The number of hydrogen-bond donors (Lipinski definition) is 2. The number of carboxylic acid groups (broad SMARTS) is 1. The summed E-state index contributed by atoms with van der Waals surface area (Å²) >= 11 is 0. The first-order valence-electron chi connectivity index (χ1n) is 5.55. The molecule has 0 fully saturated rings. The van der Waals surface area contributed by atoms with E-state index in [9.17, 15) is 4.79 Å². The summed E-state index contributed by atoms with van der Waals surface area (Å²) in [6.07, 6.45) is 3.90. The van der Waals surface area contributed by atoms with Gasteiger partial charge in [-0.05, 0) is 25.0 Å². The lowest BCUT2D eigenvalue weighted by Gasteiger charge is -2.12. The lowest BCUT2D eigenvalue weighted by molar-refractivity contribution is 0.0690. The van der Waals surface area contributed by atoms with Crippen molar-refractivity contribution in [1.82, 2.24) is 10.3 Å². The van der Waals surface area contributed by atoms with Gasteiger partial charge in [0.15, 0.2) is 0 Å². The average molecular weight is 222 g/mol. The van der Waals surface area contributed by atoms with Crippen LogP contribution < -0.4 is 5.32 Å². The van der Waals surface area contributed by atoms with Crippen LogP contribution in [0.5, 0.6) is 0 Å². The van der Waals surface area contributed by atoms with Gasteiger partial charge < -0.3 is 10.4 Å². The number of aromatic carboxylic acids is 1. The maximum Gasteiger partial charge on any atom is 0.354 e. The Morgan fingerprint density at radius 3 is 2.81 bits per heavy atom. The molecule has 1 atom stereocenters. The number of carbonyl (C=O) groups is 1. The van der Waals surface area contributed by atoms with Crippen molar-refractivity contribution < 1.29 is 9.90 Å². The van der Waals surface area contributed by atoms with Gasteiger partial charge >= 0.3 is 5.97 Å². The van der Waals surface area contributed by atoms with Crippen molar-refractivity contribution in [2.45, 2.75) is 39.3 Å². The molecule has 1 rings (SSSR count). The highest BCUT2D eigenvalue weighted by Gasteiger charge is 2.04. The Morgan fingerprint density at radius 1 is 1.56 bits per heavy atom. The number of hydrogen-bond acceptors (Lipinski definition) is 3. The summed E-state index contributed by atoms with van der Waals surface area (Å²) in [5, 5.41) is 12.0. The quantitative estimate of drug-likeness (QED) is 0.773. The van der Waals surface area contributed by atoms with Crippen molar-refractivity contribution in [1.29, 1.82) is 0 Å². The van der Waals surface area contributed by atoms with Crippen molar-refractivity contribution in [2.75, 3.05) is 0 Å². The van der Waals surface area contributed by atoms with Crippen molar-refractivity contribution in [2.24, 2.45) is 0 Å². The fourth-order valence-corrected chi connectivity index (χ4v) is 1.48. The fourth-order valence-electron chi connectivity index (χ4n) is 1.48. The van der Waals surface area contributed by atoms with Crippen molar-refractivity contribution in [3.05, 3.63) is 29.6 Å². The number of nitrogens with zero attached hydrogens (tertiary/aromatic N) is 1. The van der Waals surface area contributed by atoms with Crippen LogP contribution in [0.2, 0.25) is 0 Å². The van der Waals surface area contributed by atoms with Gasteiger partial charge in [-0.15, -0.1) is 0 Å². The van der Waals surface area contributed by atoms with E-state index >= 15 is 0 Å². The van der Waals surface area contributed by atoms with Crippen LogP contribution in [0.1, 0.15) is 42.7 Å². The second-order valence-corrected chi connectivity index (χ2v) is 3.93. The van der Waals surface area contributed by atoms with Gasteiger partial charge in [0.05, 0.1) is 0 Å². The Hall–Kier alpha value is -1.42. The largest absolute Gasteiger partial charge is 0.477 e. The normalized spacial score (nSPS) is 12.4. The number of rotatable bonds is 6. The van der Waals surface area contributed by atoms with Gasteiger partial charge in [-0.3, -0.25) is 0 Å². The van der Waals surface area contributed by atoms with Crippen LogP contribution >= 0.6 is 0 Å². The highest BCUT2D eigenvalue weighted by Crippen LogP contribution is 2.02. The highest BCUT2D eigenvalue weighted by molar-refractivity contribution is 5.85. The lowest BCUT2D eigenvalue weighted by Crippen LogP contribution is -2.25. The maximum absolute atomic E-state index is 10.6. The highest BCUT2D eigenvalue weighted by atomic mass is 16.4. The van der Waals surface area contributed by atoms with Gasteiger partial charge in [0, 0.05) is 18.8 Å². The molecule has 4 nitrogen and oxygen atoms in total. The zero-order valence-electron chi connectivity index (χ0n) is 9.73. The molecule has 2 N–H and O–H groups in total. The van der Waals surface area contributed by atoms with E-state index in [2.05, 4.69) is 24.1 Å². The third kappa shape index (κ3) is 3.98. The van der Waals surface area contributed by atoms with Crippen molar-refractivity contribution in [3.63, 3.8) is 0 Å². The topological polar surface area (TPSA) is 62.2 Å². The third-order valence-electron chi connectivity index (χ3n) is 2.42. The molecule has 0 aliphatic heterocycles. The molecule has 0 amide bonds. The van der Waals surface area contributed by atoms with E-state index in [0.29, 0.717) is 6.04 Å². The average Bonchev–Trinajstić information content (AvgIpc) is 2.27. The Labute approximate surface area is 95.7 Å². The van der Waals surface area contributed by atoms with Crippen LogP contribution in [0.3, 0.4) is 0 Å². The monoisotopic (exact) mass is 222 g/mol. The van der Waals surface area contributed by atoms with Gasteiger partial charge in [0.2, 0.25) is 0 Å². The molecule has 0 spiro atoms. The minimum atomic E-state index is -0.987. The summed E-state index contributed by atoms with van der Waals surface area (Å²) in [5.41, 5.74) is 1.10. The van der Waals surface area contributed by atoms with Crippen LogP contribution in [0.4, 0.5) is 0 Å². The van der Waals surface area contributed by atoms with E-state index in [4.69, 9.17) is 5.11 Å². The van der Waals surface area contributed by atoms with Gasteiger partial charge in [0.1, 0.15) is 5.69 Å². The molecule has 1 unspecified atom stereocenters. The van der Waals surface area contributed by atoms with Crippen LogP contribution in [-0.2, 0) is 6.54 Å². The number of aromatic nitrogens is 1. The first-order valence-corrected chi connectivity index (χ1v) is 5.55. The van der Waals surface area contributed by atoms with Crippen LogP contribution in [0.15, 0.2) is 18.3 Å².